The van der Waals surface area contributed by atoms with Crippen LogP contribution < -0.4 is 15.2 Å². The van der Waals surface area contributed by atoms with Crippen molar-refractivity contribution >= 4 is 40.2 Å². The molecule has 0 saturated carbocycles. The standard InChI is InChI=1S/C29H32N4O3.ClH/c1-5-33(6-2)18-21-15-26(22-9-7-8-10-23(22)29(21)34)32-31-25-14-12-20(17-28(25)36-4)19-11-13-24(30)27(16-19)35-3;/h7-17,34H,5-6,18,30H2,1-4H3;1H. The van der Waals surface area contributed by atoms with Gasteiger partial charge in [0.05, 0.1) is 25.6 Å². The molecule has 0 amide bonds. The number of phenolic OH excluding ortho intramolecular Hbond substituents is 1. The molecule has 0 radical (unpaired) electrons. The van der Waals surface area contributed by atoms with Crippen LogP contribution in [0.5, 0.6) is 17.2 Å². The molecule has 0 aliphatic rings. The number of anilines is 1. The Bertz CT molecular complexity index is 1400. The van der Waals surface area contributed by atoms with Gasteiger partial charge in [0.25, 0.3) is 0 Å². The maximum absolute atomic E-state index is 10.9. The summed E-state index contributed by atoms with van der Waals surface area (Å²) >= 11 is 0. The maximum Gasteiger partial charge on any atom is 0.146 e. The summed E-state index contributed by atoms with van der Waals surface area (Å²) in [5, 5.41) is 21.7. The molecule has 0 unspecified atom stereocenters. The molecule has 0 bridgehead atoms. The van der Waals surface area contributed by atoms with Crippen molar-refractivity contribution in [3.63, 3.8) is 0 Å². The highest BCUT2D eigenvalue weighted by Crippen LogP contribution is 2.39. The minimum atomic E-state index is 0. The summed E-state index contributed by atoms with van der Waals surface area (Å²) in [5.41, 5.74) is 10.6. The molecule has 0 heterocycles. The van der Waals surface area contributed by atoms with Crippen LogP contribution >= 0.6 is 12.4 Å². The maximum atomic E-state index is 10.9. The van der Waals surface area contributed by atoms with Gasteiger partial charge in [-0.05, 0) is 54.5 Å². The molecule has 0 saturated heterocycles. The molecule has 0 aliphatic heterocycles. The summed E-state index contributed by atoms with van der Waals surface area (Å²) in [7, 11) is 3.21. The van der Waals surface area contributed by atoms with Crippen molar-refractivity contribution in [3.05, 3.63) is 72.3 Å². The van der Waals surface area contributed by atoms with Crippen molar-refractivity contribution in [1.82, 2.24) is 4.90 Å². The van der Waals surface area contributed by atoms with Crippen LogP contribution in [0.1, 0.15) is 19.4 Å². The number of methoxy groups -OCH3 is 2. The van der Waals surface area contributed by atoms with Crippen molar-refractivity contribution in [2.24, 2.45) is 10.2 Å². The quantitative estimate of drug-likeness (QED) is 0.176. The average molecular weight is 521 g/mol. The first-order valence-corrected chi connectivity index (χ1v) is 12.0. The zero-order valence-corrected chi connectivity index (χ0v) is 22.4. The van der Waals surface area contributed by atoms with Crippen molar-refractivity contribution in [2.45, 2.75) is 20.4 Å². The Kier molecular flexibility index (Phi) is 9.33. The van der Waals surface area contributed by atoms with E-state index in [1.54, 1.807) is 14.2 Å². The van der Waals surface area contributed by atoms with Gasteiger partial charge in [0.15, 0.2) is 0 Å². The highest BCUT2D eigenvalue weighted by Gasteiger charge is 2.14. The van der Waals surface area contributed by atoms with Crippen LogP contribution in [0.2, 0.25) is 0 Å². The zero-order chi connectivity index (χ0) is 25.7. The Morgan fingerprint density at radius 2 is 1.38 bits per heavy atom. The first kappa shape index (κ1) is 27.8. The molecule has 7 nitrogen and oxygen atoms in total. The number of phenols is 1. The van der Waals surface area contributed by atoms with E-state index in [1.807, 2.05) is 66.7 Å². The van der Waals surface area contributed by atoms with Crippen LogP contribution in [0.4, 0.5) is 17.1 Å². The topological polar surface area (TPSA) is 92.7 Å². The summed E-state index contributed by atoms with van der Waals surface area (Å²) in [4.78, 5) is 2.25. The highest BCUT2D eigenvalue weighted by atomic mass is 35.5. The first-order valence-electron chi connectivity index (χ1n) is 12.0. The van der Waals surface area contributed by atoms with Gasteiger partial charge in [-0.25, -0.2) is 0 Å². The summed E-state index contributed by atoms with van der Waals surface area (Å²) in [6.45, 7) is 6.64. The SMILES string of the molecule is CCN(CC)Cc1cc(N=Nc2ccc(-c3ccc(N)c(OC)c3)cc2OC)c2ccccc2c1O.Cl. The second-order valence-electron chi connectivity index (χ2n) is 8.45. The Labute approximate surface area is 224 Å². The normalized spacial score (nSPS) is 11.2. The van der Waals surface area contributed by atoms with Crippen LogP contribution in [0.15, 0.2) is 77.0 Å². The summed E-state index contributed by atoms with van der Waals surface area (Å²) in [6.07, 6.45) is 0. The van der Waals surface area contributed by atoms with Crippen molar-refractivity contribution in [3.8, 4) is 28.4 Å². The Morgan fingerprint density at radius 1 is 0.784 bits per heavy atom. The second-order valence-corrected chi connectivity index (χ2v) is 8.45. The molecular formula is C29H33ClN4O3. The third-order valence-corrected chi connectivity index (χ3v) is 6.37. The molecule has 0 fully saturated rings. The van der Waals surface area contributed by atoms with Crippen molar-refractivity contribution in [2.75, 3.05) is 33.0 Å². The van der Waals surface area contributed by atoms with Gasteiger partial charge in [0.1, 0.15) is 22.9 Å². The Morgan fingerprint density at radius 3 is 2.03 bits per heavy atom. The second kappa shape index (κ2) is 12.4. The summed E-state index contributed by atoms with van der Waals surface area (Å²) in [6, 6.07) is 21.0. The van der Waals surface area contributed by atoms with Gasteiger partial charge in [0.2, 0.25) is 0 Å². The molecule has 0 aromatic heterocycles. The van der Waals surface area contributed by atoms with Gasteiger partial charge in [-0.3, -0.25) is 4.90 Å². The predicted molar refractivity (Wildman–Crippen MR) is 153 cm³/mol. The number of aromatic hydroxyl groups is 1. The van der Waals surface area contributed by atoms with Gasteiger partial charge in [-0.1, -0.05) is 50.2 Å². The van der Waals surface area contributed by atoms with Gasteiger partial charge < -0.3 is 20.3 Å². The molecule has 4 aromatic carbocycles. The average Bonchev–Trinajstić information content (AvgIpc) is 2.92. The largest absolute Gasteiger partial charge is 0.507 e. The minimum absolute atomic E-state index is 0. The van der Waals surface area contributed by atoms with Crippen LogP contribution in [0.3, 0.4) is 0 Å². The van der Waals surface area contributed by atoms with Gasteiger partial charge in [-0.15, -0.1) is 22.6 Å². The Hall–Kier alpha value is -3.81. The molecule has 8 heteroatoms. The number of ether oxygens (including phenoxy) is 2. The number of halogens is 1. The van der Waals surface area contributed by atoms with Crippen molar-refractivity contribution in [1.29, 1.82) is 0 Å². The van der Waals surface area contributed by atoms with E-state index in [0.717, 1.165) is 40.6 Å². The number of benzene rings is 4. The third-order valence-electron chi connectivity index (χ3n) is 6.37. The van der Waals surface area contributed by atoms with Gasteiger partial charge in [0, 0.05) is 22.9 Å². The van der Waals surface area contributed by atoms with E-state index < -0.39 is 0 Å². The molecule has 37 heavy (non-hydrogen) atoms. The van der Waals surface area contributed by atoms with E-state index in [1.165, 1.54) is 0 Å². The zero-order valence-electron chi connectivity index (χ0n) is 21.6. The Balaban J connectivity index is 0.00000380. The third kappa shape index (κ3) is 5.96. The van der Waals surface area contributed by atoms with E-state index >= 15 is 0 Å². The molecule has 4 aromatic rings. The number of rotatable bonds is 9. The van der Waals surface area contributed by atoms with Crippen LogP contribution in [0.25, 0.3) is 21.9 Å². The van der Waals surface area contributed by atoms with Crippen LogP contribution in [-0.2, 0) is 6.54 Å². The van der Waals surface area contributed by atoms with E-state index in [9.17, 15) is 5.11 Å². The van der Waals surface area contributed by atoms with E-state index in [2.05, 4.69) is 29.0 Å². The summed E-state index contributed by atoms with van der Waals surface area (Å²) < 4.78 is 11.0. The number of hydrogen-bond donors (Lipinski definition) is 2. The first-order chi connectivity index (χ1) is 17.5. The van der Waals surface area contributed by atoms with Gasteiger partial charge in [-0.2, -0.15) is 0 Å². The molecule has 194 valence electrons. The predicted octanol–water partition coefficient (Wildman–Crippen LogP) is 7.49. The fourth-order valence-corrected chi connectivity index (χ4v) is 4.23. The molecule has 0 spiro atoms. The monoisotopic (exact) mass is 520 g/mol. The lowest BCUT2D eigenvalue weighted by atomic mass is 10.0. The van der Waals surface area contributed by atoms with Crippen LogP contribution in [0, 0.1) is 0 Å². The number of hydrogen-bond acceptors (Lipinski definition) is 7. The molecule has 0 atom stereocenters. The van der Waals surface area contributed by atoms with E-state index in [4.69, 9.17) is 15.2 Å². The lowest BCUT2D eigenvalue weighted by molar-refractivity contribution is 0.291. The molecule has 3 N–H and O–H groups in total. The number of azo groups is 1. The lowest BCUT2D eigenvalue weighted by Crippen LogP contribution is -2.22. The molecule has 0 aliphatic carbocycles. The van der Waals surface area contributed by atoms with Gasteiger partial charge >= 0.3 is 0 Å². The smallest absolute Gasteiger partial charge is 0.146 e. The summed E-state index contributed by atoms with van der Waals surface area (Å²) in [5.74, 6) is 1.51. The minimum Gasteiger partial charge on any atom is -0.507 e. The van der Waals surface area contributed by atoms with Crippen molar-refractivity contribution < 1.29 is 14.6 Å². The number of nitrogens with zero attached hydrogens (tertiary/aromatic N) is 3. The van der Waals surface area contributed by atoms with Crippen LogP contribution in [-0.4, -0.2) is 37.3 Å². The number of nitrogen functional groups attached to an aromatic ring is 1. The lowest BCUT2D eigenvalue weighted by Gasteiger charge is -2.19. The van der Waals surface area contributed by atoms with E-state index in [-0.39, 0.29) is 18.2 Å². The fourth-order valence-electron chi connectivity index (χ4n) is 4.23. The highest BCUT2D eigenvalue weighted by molar-refractivity contribution is 5.97. The molecular weight excluding hydrogens is 488 g/mol. The number of nitrogens with two attached hydrogens (primary N) is 1. The number of fused-ring (bicyclic) bond motifs is 1. The molecule has 4 rings (SSSR count). The fraction of sp³-hybridized carbons (Fsp3) is 0.241. The van der Waals surface area contributed by atoms with E-state index in [0.29, 0.717) is 35.1 Å².